The third-order valence-electron chi connectivity index (χ3n) is 6.92. The first-order chi connectivity index (χ1) is 15.1. The minimum Gasteiger partial charge on any atom is -0.507 e. The maximum Gasteiger partial charge on any atom is 0.254 e. The molecule has 3 aliphatic carbocycles. The van der Waals surface area contributed by atoms with Crippen molar-refractivity contribution in [2.45, 2.75) is 18.8 Å². The molecule has 5 nitrogen and oxygen atoms in total. The molecule has 0 aromatic heterocycles. The van der Waals surface area contributed by atoms with Gasteiger partial charge >= 0.3 is 0 Å². The third kappa shape index (κ3) is 2.40. The molecule has 152 valence electrons. The van der Waals surface area contributed by atoms with E-state index >= 15 is 0 Å². The summed E-state index contributed by atoms with van der Waals surface area (Å²) in [6.07, 6.45) is 1.40. The second-order valence-electron chi connectivity index (χ2n) is 8.56. The van der Waals surface area contributed by atoms with Gasteiger partial charge in [-0.15, -0.1) is 0 Å². The number of carbonyl (C=O) groups is 2. The minimum absolute atomic E-state index is 0.0609. The minimum atomic E-state index is -0.453. The average Bonchev–Trinajstić information content (AvgIpc) is 3.05. The quantitative estimate of drug-likeness (QED) is 0.516. The molecule has 2 amide bonds. The summed E-state index contributed by atoms with van der Waals surface area (Å²) in [5, 5.41) is 15.4. The van der Waals surface area contributed by atoms with Crippen LogP contribution in [0.4, 0.5) is 0 Å². The lowest BCUT2D eigenvalue weighted by molar-refractivity contribution is -0.139. The highest BCUT2D eigenvalue weighted by Gasteiger charge is 2.61. The molecule has 7 rings (SSSR count). The molecule has 0 radical (unpaired) electrons. The van der Waals surface area contributed by atoms with E-state index in [0.29, 0.717) is 5.56 Å². The van der Waals surface area contributed by atoms with Crippen LogP contribution in [0.15, 0.2) is 71.8 Å². The van der Waals surface area contributed by atoms with E-state index in [-0.39, 0.29) is 29.4 Å². The molecule has 1 aliphatic heterocycles. The van der Waals surface area contributed by atoms with Gasteiger partial charge in [-0.25, -0.2) is 0 Å². The fourth-order valence-electron chi connectivity index (χ4n) is 5.67. The van der Waals surface area contributed by atoms with Gasteiger partial charge in [-0.1, -0.05) is 60.2 Å². The maximum absolute atomic E-state index is 13.5. The number of benzene rings is 3. The highest BCUT2D eigenvalue weighted by molar-refractivity contribution is 6.08. The molecule has 2 bridgehead atoms. The number of phenols is 1. The summed E-state index contributed by atoms with van der Waals surface area (Å²) in [5.74, 6) is -1.67. The fraction of sp³-hybridized carbons (Fsp3) is 0.192. The Balaban J connectivity index is 1.46. The van der Waals surface area contributed by atoms with Crippen LogP contribution in [0.5, 0.6) is 5.75 Å². The second-order valence-corrected chi connectivity index (χ2v) is 8.56. The van der Waals surface area contributed by atoms with Crippen molar-refractivity contribution in [3.63, 3.8) is 0 Å². The number of imide groups is 1. The number of hydrazone groups is 1. The number of phenolic OH excluding ortho intramolecular Hbond substituents is 1. The molecule has 31 heavy (non-hydrogen) atoms. The first-order valence-corrected chi connectivity index (χ1v) is 10.5. The lowest BCUT2D eigenvalue weighted by Gasteiger charge is -2.45. The lowest BCUT2D eigenvalue weighted by atomic mass is 9.55. The zero-order chi connectivity index (χ0) is 21.3. The van der Waals surface area contributed by atoms with Gasteiger partial charge in [0.2, 0.25) is 0 Å². The lowest BCUT2D eigenvalue weighted by Crippen LogP contribution is -2.41. The Kier molecular flexibility index (Phi) is 3.72. The van der Waals surface area contributed by atoms with Gasteiger partial charge < -0.3 is 5.11 Å². The van der Waals surface area contributed by atoms with Gasteiger partial charge in [-0.3, -0.25) is 9.59 Å². The highest BCUT2D eigenvalue weighted by atomic mass is 16.3. The summed E-state index contributed by atoms with van der Waals surface area (Å²) in [6, 6.07) is 21.4. The summed E-state index contributed by atoms with van der Waals surface area (Å²) in [7, 11) is 0. The van der Waals surface area contributed by atoms with Crippen LogP contribution in [0, 0.1) is 18.8 Å². The molecular formula is C26H20N2O3. The molecule has 4 aliphatic rings. The van der Waals surface area contributed by atoms with Crippen LogP contribution in [0.2, 0.25) is 0 Å². The predicted octanol–water partition coefficient (Wildman–Crippen LogP) is 3.93. The van der Waals surface area contributed by atoms with Gasteiger partial charge in [0.05, 0.1) is 18.1 Å². The van der Waals surface area contributed by atoms with E-state index in [2.05, 4.69) is 29.4 Å². The number of hydrogen-bond donors (Lipinski definition) is 1. The van der Waals surface area contributed by atoms with E-state index in [9.17, 15) is 14.7 Å². The molecule has 1 heterocycles. The van der Waals surface area contributed by atoms with Gasteiger partial charge in [-0.05, 0) is 41.3 Å². The molecule has 1 saturated heterocycles. The van der Waals surface area contributed by atoms with Crippen LogP contribution < -0.4 is 0 Å². The summed E-state index contributed by atoms with van der Waals surface area (Å²) in [6.45, 7) is 1.91. The number of aromatic hydroxyl groups is 1. The first kappa shape index (κ1) is 18.1. The molecule has 3 aromatic carbocycles. The van der Waals surface area contributed by atoms with Crippen LogP contribution in [0.3, 0.4) is 0 Å². The van der Waals surface area contributed by atoms with Gasteiger partial charge in [0, 0.05) is 17.4 Å². The van der Waals surface area contributed by atoms with E-state index in [1.807, 2.05) is 31.2 Å². The van der Waals surface area contributed by atoms with Gasteiger partial charge in [0.25, 0.3) is 11.8 Å². The van der Waals surface area contributed by atoms with E-state index < -0.39 is 11.8 Å². The standard InChI is InChI=1S/C26H20N2O3/c1-14-10-11-20(29)15(12-14)13-27-28-25(30)23-21-16-6-2-3-7-17(16)22(24(23)26(28)31)19-9-5-4-8-18(19)21/h2-13,21-24,29H,1H3/b27-13-/t21?,22?,23-,24+. The number of hydrogen-bond acceptors (Lipinski definition) is 4. The van der Waals surface area contributed by atoms with Crippen LogP contribution in [-0.2, 0) is 9.59 Å². The topological polar surface area (TPSA) is 70.0 Å². The Morgan fingerprint density at radius 1 is 0.806 bits per heavy atom. The van der Waals surface area contributed by atoms with Gasteiger partial charge in [0.1, 0.15) is 5.75 Å². The SMILES string of the molecule is Cc1ccc(O)c(/C=N\N2C(=O)[C@@H]3C4c5ccccc5C(c5ccccc54)[C@@H]3C2=O)c1. The van der Waals surface area contributed by atoms with E-state index in [1.165, 1.54) is 6.21 Å². The average molecular weight is 408 g/mol. The Morgan fingerprint density at radius 2 is 1.29 bits per heavy atom. The number of aryl methyl sites for hydroxylation is 1. The Bertz CT molecular complexity index is 1180. The van der Waals surface area contributed by atoms with Gasteiger partial charge in [-0.2, -0.15) is 10.1 Å². The van der Waals surface area contributed by atoms with Crippen LogP contribution in [-0.4, -0.2) is 28.1 Å². The highest BCUT2D eigenvalue weighted by Crippen LogP contribution is 2.60. The molecule has 0 unspecified atom stereocenters. The van der Waals surface area contributed by atoms with Gasteiger partial charge in [0.15, 0.2) is 0 Å². The molecule has 0 spiro atoms. The maximum atomic E-state index is 13.5. The van der Waals surface area contributed by atoms with Crippen LogP contribution in [0.25, 0.3) is 0 Å². The monoisotopic (exact) mass is 408 g/mol. The fourth-order valence-corrected chi connectivity index (χ4v) is 5.67. The number of carbonyl (C=O) groups excluding carboxylic acids is 2. The number of amides is 2. The van der Waals surface area contributed by atoms with Crippen molar-refractivity contribution in [2.75, 3.05) is 0 Å². The van der Waals surface area contributed by atoms with Crippen molar-refractivity contribution < 1.29 is 14.7 Å². The van der Waals surface area contributed by atoms with E-state index in [4.69, 9.17) is 0 Å². The van der Waals surface area contributed by atoms with Crippen molar-refractivity contribution in [1.29, 1.82) is 0 Å². The van der Waals surface area contributed by atoms with Crippen LogP contribution >= 0.6 is 0 Å². The summed E-state index contributed by atoms with van der Waals surface area (Å²) in [4.78, 5) is 26.9. The summed E-state index contributed by atoms with van der Waals surface area (Å²) < 4.78 is 0. The Morgan fingerprint density at radius 3 is 1.77 bits per heavy atom. The number of nitrogens with zero attached hydrogens (tertiary/aromatic N) is 2. The van der Waals surface area contributed by atoms with Crippen molar-refractivity contribution in [3.05, 3.63) is 100 Å². The normalized spacial score (nSPS) is 25.6. The molecular weight excluding hydrogens is 388 g/mol. The molecule has 5 heteroatoms. The van der Waals surface area contributed by atoms with E-state index in [1.54, 1.807) is 18.2 Å². The molecule has 2 atom stereocenters. The van der Waals surface area contributed by atoms with E-state index in [0.717, 1.165) is 32.8 Å². The largest absolute Gasteiger partial charge is 0.507 e. The third-order valence-corrected chi connectivity index (χ3v) is 6.92. The molecule has 3 aromatic rings. The van der Waals surface area contributed by atoms with Crippen molar-refractivity contribution >= 4 is 18.0 Å². The zero-order valence-corrected chi connectivity index (χ0v) is 16.9. The first-order valence-electron chi connectivity index (χ1n) is 10.5. The molecule has 1 N–H and O–H groups in total. The molecule has 1 fully saturated rings. The summed E-state index contributed by atoms with van der Waals surface area (Å²) >= 11 is 0. The van der Waals surface area contributed by atoms with Crippen molar-refractivity contribution in [1.82, 2.24) is 5.01 Å². The van der Waals surface area contributed by atoms with Crippen LogP contribution in [0.1, 0.15) is 45.2 Å². The smallest absolute Gasteiger partial charge is 0.254 e. The van der Waals surface area contributed by atoms with Crippen molar-refractivity contribution in [2.24, 2.45) is 16.9 Å². The van der Waals surface area contributed by atoms with Crippen molar-refractivity contribution in [3.8, 4) is 5.75 Å². The Labute approximate surface area is 179 Å². The second kappa shape index (κ2) is 6.38. The molecule has 0 saturated carbocycles. The predicted molar refractivity (Wildman–Crippen MR) is 116 cm³/mol. The Hall–Kier alpha value is -3.73. The summed E-state index contributed by atoms with van der Waals surface area (Å²) in [5.41, 5.74) is 5.97. The zero-order valence-electron chi connectivity index (χ0n) is 16.9. The number of rotatable bonds is 2.